The molecular formula is C18H25N7. The molecule has 0 spiro atoms. The average Bonchev–Trinajstić information content (AvgIpc) is 3.28. The van der Waals surface area contributed by atoms with Crippen LogP contribution in [0.4, 0.5) is 0 Å². The van der Waals surface area contributed by atoms with Crippen molar-refractivity contribution < 1.29 is 0 Å². The summed E-state index contributed by atoms with van der Waals surface area (Å²) < 4.78 is 1.82. The number of hydrogen-bond acceptors (Lipinski definition) is 5. The molecule has 3 N–H and O–H groups in total. The van der Waals surface area contributed by atoms with Gasteiger partial charge in [-0.05, 0) is 57.7 Å². The molecule has 0 atom stereocenters. The number of nitrogens with one attached hydrogen (secondary N) is 1. The summed E-state index contributed by atoms with van der Waals surface area (Å²) >= 11 is 0. The standard InChI is InChI=1S/C18H25N7/c19-13-6-9-24(10-7-13)14-3-1-12(2-4-14)16-17-15-5-8-20-18(15)21-11-25(17)23-22-16/h5,8,11-14,20H,1-4,6-7,9-10,19H2. The Balaban J connectivity index is 1.36. The molecule has 5 rings (SSSR count). The number of likely N-dealkylation sites (tertiary alicyclic amines) is 1. The SMILES string of the molecule is NC1CCN(C2CCC(c3nnn4cnc5[nH]ccc5c34)CC2)CC1. The zero-order chi connectivity index (χ0) is 16.8. The van der Waals surface area contributed by atoms with Gasteiger partial charge in [0.2, 0.25) is 0 Å². The van der Waals surface area contributed by atoms with Crippen LogP contribution in [0.2, 0.25) is 0 Å². The molecule has 0 bridgehead atoms. The van der Waals surface area contributed by atoms with Crippen molar-refractivity contribution in [1.29, 1.82) is 0 Å². The van der Waals surface area contributed by atoms with Gasteiger partial charge < -0.3 is 15.6 Å². The highest BCUT2D eigenvalue weighted by Gasteiger charge is 2.31. The maximum Gasteiger partial charge on any atom is 0.141 e. The summed E-state index contributed by atoms with van der Waals surface area (Å²) in [5.41, 5.74) is 9.23. The van der Waals surface area contributed by atoms with Crippen LogP contribution < -0.4 is 5.73 Å². The molecule has 2 fully saturated rings. The molecule has 2 aliphatic rings. The lowest BCUT2D eigenvalue weighted by molar-refractivity contribution is 0.117. The lowest BCUT2D eigenvalue weighted by atomic mass is 9.82. The van der Waals surface area contributed by atoms with Crippen LogP contribution in [0.15, 0.2) is 18.6 Å². The Hall–Kier alpha value is -1.99. The van der Waals surface area contributed by atoms with Crippen molar-refractivity contribution in [2.24, 2.45) is 5.73 Å². The smallest absolute Gasteiger partial charge is 0.141 e. The summed E-state index contributed by atoms with van der Waals surface area (Å²) in [5.74, 6) is 0.501. The predicted octanol–water partition coefficient (Wildman–Crippen LogP) is 2.05. The van der Waals surface area contributed by atoms with E-state index in [0.717, 1.165) is 41.1 Å². The first-order valence-corrected chi connectivity index (χ1v) is 9.46. The Morgan fingerprint density at radius 1 is 1.08 bits per heavy atom. The second kappa shape index (κ2) is 6.07. The number of nitrogens with two attached hydrogens (primary N) is 1. The molecule has 0 radical (unpaired) electrons. The second-order valence-electron chi connectivity index (χ2n) is 7.63. The molecule has 1 saturated heterocycles. The van der Waals surface area contributed by atoms with E-state index in [4.69, 9.17) is 5.73 Å². The minimum Gasteiger partial charge on any atom is -0.346 e. The zero-order valence-corrected chi connectivity index (χ0v) is 14.4. The van der Waals surface area contributed by atoms with E-state index < -0.39 is 0 Å². The Morgan fingerprint density at radius 3 is 2.68 bits per heavy atom. The highest BCUT2D eigenvalue weighted by molar-refractivity contribution is 5.92. The molecule has 0 aromatic carbocycles. The van der Waals surface area contributed by atoms with Gasteiger partial charge in [0, 0.05) is 29.6 Å². The van der Waals surface area contributed by atoms with Crippen LogP contribution >= 0.6 is 0 Å². The fraction of sp³-hybridized carbons (Fsp3) is 0.611. The topological polar surface area (TPSA) is 88.1 Å². The lowest BCUT2D eigenvalue weighted by Crippen LogP contribution is -2.46. The minimum absolute atomic E-state index is 0.410. The van der Waals surface area contributed by atoms with Crippen molar-refractivity contribution in [2.75, 3.05) is 13.1 Å². The van der Waals surface area contributed by atoms with Crippen molar-refractivity contribution in [3.63, 3.8) is 0 Å². The fourth-order valence-corrected chi connectivity index (χ4v) is 4.69. The van der Waals surface area contributed by atoms with E-state index in [0.29, 0.717) is 12.0 Å². The maximum absolute atomic E-state index is 6.05. The minimum atomic E-state index is 0.410. The second-order valence-corrected chi connectivity index (χ2v) is 7.63. The summed E-state index contributed by atoms with van der Waals surface area (Å²) in [6.45, 7) is 2.34. The molecule has 25 heavy (non-hydrogen) atoms. The summed E-state index contributed by atoms with van der Waals surface area (Å²) in [5, 5.41) is 9.95. The van der Waals surface area contributed by atoms with Crippen molar-refractivity contribution in [3.05, 3.63) is 24.3 Å². The normalized spacial score (nSPS) is 26.6. The molecule has 0 unspecified atom stereocenters. The zero-order valence-electron chi connectivity index (χ0n) is 14.4. The third-order valence-corrected chi connectivity index (χ3v) is 6.17. The summed E-state index contributed by atoms with van der Waals surface area (Å²) in [6.07, 6.45) is 10.9. The first kappa shape index (κ1) is 15.3. The first-order chi connectivity index (χ1) is 12.3. The summed E-state index contributed by atoms with van der Waals surface area (Å²) in [6, 6.07) is 3.21. The molecule has 3 aromatic heterocycles. The Morgan fingerprint density at radius 2 is 1.88 bits per heavy atom. The summed E-state index contributed by atoms with van der Waals surface area (Å²) in [4.78, 5) is 10.2. The van der Waals surface area contributed by atoms with Gasteiger partial charge in [0.1, 0.15) is 17.5 Å². The van der Waals surface area contributed by atoms with Crippen LogP contribution in [-0.2, 0) is 0 Å². The summed E-state index contributed by atoms with van der Waals surface area (Å²) in [7, 11) is 0. The molecule has 1 aliphatic heterocycles. The van der Waals surface area contributed by atoms with Gasteiger partial charge in [-0.3, -0.25) is 0 Å². The van der Waals surface area contributed by atoms with Crippen molar-refractivity contribution in [2.45, 2.75) is 56.5 Å². The Kier molecular flexibility index (Phi) is 3.71. The monoisotopic (exact) mass is 339 g/mol. The number of aromatic amines is 1. The highest BCUT2D eigenvalue weighted by atomic mass is 15.4. The van der Waals surface area contributed by atoms with E-state index in [1.165, 1.54) is 38.8 Å². The molecule has 4 heterocycles. The number of hydrogen-bond donors (Lipinski definition) is 2. The van der Waals surface area contributed by atoms with Crippen LogP contribution in [0.5, 0.6) is 0 Å². The van der Waals surface area contributed by atoms with E-state index >= 15 is 0 Å². The van der Waals surface area contributed by atoms with Gasteiger partial charge in [0.15, 0.2) is 0 Å². The molecule has 3 aromatic rings. The van der Waals surface area contributed by atoms with Gasteiger partial charge in [0.05, 0.1) is 5.69 Å². The van der Waals surface area contributed by atoms with Crippen molar-refractivity contribution in [1.82, 2.24) is 29.7 Å². The van der Waals surface area contributed by atoms with Crippen LogP contribution in [0, 0.1) is 0 Å². The number of fused-ring (bicyclic) bond motifs is 3. The largest absolute Gasteiger partial charge is 0.346 e. The van der Waals surface area contributed by atoms with Crippen LogP contribution in [0.3, 0.4) is 0 Å². The molecule has 132 valence electrons. The van der Waals surface area contributed by atoms with Gasteiger partial charge >= 0.3 is 0 Å². The number of nitrogens with zero attached hydrogens (tertiary/aromatic N) is 5. The van der Waals surface area contributed by atoms with E-state index in [9.17, 15) is 0 Å². The third kappa shape index (κ3) is 2.62. The molecule has 1 aliphatic carbocycles. The van der Waals surface area contributed by atoms with Gasteiger partial charge in [-0.1, -0.05) is 5.21 Å². The van der Waals surface area contributed by atoms with Crippen molar-refractivity contribution in [3.8, 4) is 0 Å². The van der Waals surface area contributed by atoms with Crippen LogP contribution in [0.1, 0.15) is 50.1 Å². The maximum atomic E-state index is 6.05. The van der Waals surface area contributed by atoms with Gasteiger partial charge in [0.25, 0.3) is 0 Å². The molecule has 1 saturated carbocycles. The Labute approximate surface area is 146 Å². The number of aromatic nitrogens is 5. The van der Waals surface area contributed by atoms with Gasteiger partial charge in [-0.15, -0.1) is 5.10 Å². The number of piperidine rings is 1. The predicted molar refractivity (Wildman–Crippen MR) is 96.4 cm³/mol. The lowest BCUT2D eigenvalue weighted by Gasteiger charge is -2.40. The first-order valence-electron chi connectivity index (χ1n) is 9.46. The highest BCUT2D eigenvalue weighted by Crippen LogP contribution is 2.37. The number of rotatable bonds is 2. The third-order valence-electron chi connectivity index (χ3n) is 6.17. The van der Waals surface area contributed by atoms with Gasteiger partial charge in [-0.25, -0.2) is 9.50 Å². The average molecular weight is 339 g/mol. The Bertz CT molecular complexity index is 866. The van der Waals surface area contributed by atoms with Crippen LogP contribution in [-0.4, -0.2) is 54.9 Å². The molecular weight excluding hydrogens is 314 g/mol. The van der Waals surface area contributed by atoms with Crippen molar-refractivity contribution >= 4 is 16.6 Å². The quantitative estimate of drug-likeness (QED) is 0.746. The van der Waals surface area contributed by atoms with Crippen LogP contribution in [0.25, 0.3) is 16.6 Å². The molecule has 7 heteroatoms. The van der Waals surface area contributed by atoms with Gasteiger partial charge in [-0.2, -0.15) is 0 Å². The number of H-pyrrole nitrogens is 1. The van der Waals surface area contributed by atoms with E-state index in [-0.39, 0.29) is 0 Å². The fourth-order valence-electron chi connectivity index (χ4n) is 4.69. The van der Waals surface area contributed by atoms with E-state index in [1.54, 1.807) is 6.33 Å². The molecule has 0 amide bonds. The van der Waals surface area contributed by atoms with E-state index in [1.807, 2.05) is 10.7 Å². The molecule has 7 nitrogen and oxygen atoms in total. The van der Waals surface area contributed by atoms with E-state index in [2.05, 4.69) is 31.2 Å².